The predicted molar refractivity (Wildman–Crippen MR) is 63.2 cm³/mol. The molecule has 1 aromatic rings. The molecule has 8 nitrogen and oxygen atoms in total. The third-order valence-corrected chi connectivity index (χ3v) is 2.70. The molecule has 1 fully saturated rings. The zero-order chi connectivity index (χ0) is 13.1. The molecule has 1 aliphatic heterocycles. The number of hydrogen-bond donors (Lipinski definition) is 2. The molecule has 0 saturated carbocycles. The first-order valence-corrected chi connectivity index (χ1v) is 5.41. The number of carbonyl (C=O) groups is 1. The summed E-state index contributed by atoms with van der Waals surface area (Å²) in [6.07, 6.45) is 0.584. The Morgan fingerprint density at radius 2 is 2.50 bits per heavy atom. The third kappa shape index (κ3) is 2.28. The highest BCUT2D eigenvalue weighted by Crippen LogP contribution is 2.18. The van der Waals surface area contributed by atoms with E-state index in [-0.39, 0.29) is 12.2 Å². The Morgan fingerprint density at radius 1 is 1.72 bits per heavy atom. The lowest BCUT2D eigenvalue weighted by Crippen LogP contribution is -2.47. The number of methoxy groups -OCH3 is 1. The fraction of sp³-hybridized carbons (Fsp3) is 0.500. The van der Waals surface area contributed by atoms with Gasteiger partial charge in [-0.3, -0.25) is 4.79 Å². The number of nitrogens with one attached hydrogen (secondary N) is 1. The molecule has 2 heterocycles. The summed E-state index contributed by atoms with van der Waals surface area (Å²) in [4.78, 5) is 30.9. The van der Waals surface area contributed by atoms with Crippen molar-refractivity contribution < 1.29 is 14.3 Å². The normalized spacial score (nSPS) is 19.6. The van der Waals surface area contributed by atoms with Gasteiger partial charge in [-0.05, 0) is 0 Å². The minimum Gasteiger partial charge on any atom is -0.467 e. The van der Waals surface area contributed by atoms with Crippen molar-refractivity contribution in [3.8, 4) is 0 Å². The molecule has 1 saturated heterocycles. The van der Waals surface area contributed by atoms with Crippen molar-refractivity contribution in [1.29, 1.82) is 0 Å². The van der Waals surface area contributed by atoms with E-state index < -0.39 is 17.6 Å². The first-order valence-electron chi connectivity index (χ1n) is 5.41. The molecule has 98 valence electrons. The fourth-order valence-electron chi connectivity index (χ4n) is 1.77. The van der Waals surface area contributed by atoms with Crippen molar-refractivity contribution in [3.05, 3.63) is 16.7 Å². The second-order valence-corrected chi connectivity index (χ2v) is 3.80. The first-order chi connectivity index (χ1) is 8.63. The topological polar surface area (TPSA) is 111 Å². The number of morpholine rings is 1. The summed E-state index contributed by atoms with van der Waals surface area (Å²) in [5.41, 5.74) is 5.29. The molecular weight excluding hydrogens is 240 g/mol. The van der Waals surface area contributed by atoms with Gasteiger partial charge in [-0.15, -0.1) is 0 Å². The average Bonchev–Trinajstić information content (AvgIpc) is 2.41. The summed E-state index contributed by atoms with van der Waals surface area (Å²) in [5, 5.41) is 0. The Hall–Kier alpha value is -2.09. The number of hydrogen-bond acceptors (Lipinski definition) is 7. The van der Waals surface area contributed by atoms with Gasteiger partial charge in [0.15, 0.2) is 11.9 Å². The molecular formula is C10H14N4O4. The number of H-pyrrole nitrogens is 1. The molecule has 1 atom stereocenters. The Balaban J connectivity index is 2.21. The summed E-state index contributed by atoms with van der Waals surface area (Å²) >= 11 is 0. The molecule has 0 aromatic carbocycles. The number of nitrogens with zero attached hydrogens (tertiary/aromatic N) is 2. The Kier molecular flexibility index (Phi) is 3.47. The van der Waals surface area contributed by atoms with E-state index in [0.717, 1.165) is 0 Å². The monoisotopic (exact) mass is 254 g/mol. The number of nitrogen functional groups attached to an aromatic ring is 1. The zero-order valence-electron chi connectivity index (χ0n) is 9.88. The maximum Gasteiger partial charge on any atom is 0.336 e. The minimum absolute atomic E-state index is 0.0306. The van der Waals surface area contributed by atoms with E-state index in [4.69, 9.17) is 10.5 Å². The van der Waals surface area contributed by atoms with E-state index in [1.165, 1.54) is 13.4 Å². The molecule has 0 aliphatic carbocycles. The number of rotatable bonds is 2. The van der Waals surface area contributed by atoms with E-state index >= 15 is 0 Å². The van der Waals surface area contributed by atoms with E-state index in [0.29, 0.717) is 19.0 Å². The van der Waals surface area contributed by atoms with Crippen molar-refractivity contribution in [2.45, 2.75) is 6.10 Å². The van der Waals surface area contributed by atoms with Gasteiger partial charge in [0.25, 0.3) is 5.56 Å². The molecule has 2 rings (SSSR count). The van der Waals surface area contributed by atoms with Crippen LogP contribution in [0.2, 0.25) is 0 Å². The van der Waals surface area contributed by atoms with E-state index in [1.807, 2.05) is 0 Å². The average molecular weight is 254 g/mol. The van der Waals surface area contributed by atoms with Crippen molar-refractivity contribution >= 4 is 17.5 Å². The summed E-state index contributed by atoms with van der Waals surface area (Å²) < 4.78 is 9.90. The molecule has 0 radical (unpaired) electrons. The molecule has 18 heavy (non-hydrogen) atoms. The van der Waals surface area contributed by atoms with Gasteiger partial charge in [-0.1, -0.05) is 0 Å². The number of nitrogens with two attached hydrogens (primary N) is 1. The Morgan fingerprint density at radius 3 is 3.22 bits per heavy atom. The van der Waals surface area contributed by atoms with Crippen LogP contribution in [0, 0.1) is 0 Å². The standard InChI is InChI=1S/C10H14N4O4/c1-17-10(16)6-4-14(2-3-18-6)8-7(11)9(15)13-5-12-8/h5-6H,2-4,11H2,1H3,(H,12,13,15). The number of esters is 1. The van der Waals surface area contributed by atoms with Crippen molar-refractivity contribution in [3.63, 3.8) is 0 Å². The van der Waals surface area contributed by atoms with Crippen LogP contribution in [0.1, 0.15) is 0 Å². The number of aromatic nitrogens is 2. The predicted octanol–water partition coefficient (Wildman–Crippen LogP) is -1.27. The smallest absolute Gasteiger partial charge is 0.336 e. The maximum atomic E-state index is 11.4. The van der Waals surface area contributed by atoms with Crippen molar-refractivity contribution in [2.24, 2.45) is 0 Å². The van der Waals surface area contributed by atoms with Gasteiger partial charge >= 0.3 is 5.97 Å². The summed E-state index contributed by atoms with van der Waals surface area (Å²) in [5.74, 6) is -0.0981. The number of anilines is 2. The number of aromatic amines is 1. The number of ether oxygens (including phenoxy) is 2. The Bertz CT molecular complexity index is 501. The molecule has 0 spiro atoms. The van der Waals surface area contributed by atoms with Crippen LogP contribution in [0.3, 0.4) is 0 Å². The molecule has 8 heteroatoms. The van der Waals surface area contributed by atoms with Crippen LogP contribution in [0.15, 0.2) is 11.1 Å². The molecule has 0 amide bonds. The van der Waals surface area contributed by atoms with Crippen LogP contribution >= 0.6 is 0 Å². The van der Waals surface area contributed by atoms with Crippen LogP contribution in [0.25, 0.3) is 0 Å². The molecule has 0 bridgehead atoms. The largest absolute Gasteiger partial charge is 0.467 e. The zero-order valence-corrected chi connectivity index (χ0v) is 9.88. The van der Waals surface area contributed by atoms with Gasteiger partial charge in [0, 0.05) is 6.54 Å². The quantitative estimate of drug-likeness (QED) is 0.633. The van der Waals surface area contributed by atoms with Crippen LogP contribution in [0.4, 0.5) is 11.5 Å². The van der Waals surface area contributed by atoms with Gasteiger partial charge < -0.3 is 25.1 Å². The minimum atomic E-state index is -0.691. The van der Waals surface area contributed by atoms with Gasteiger partial charge in [-0.25, -0.2) is 9.78 Å². The highest BCUT2D eigenvalue weighted by molar-refractivity contribution is 5.76. The second-order valence-electron chi connectivity index (χ2n) is 3.80. The SMILES string of the molecule is COC(=O)C1CN(c2nc[nH]c(=O)c2N)CCO1. The fourth-order valence-corrected chi connectivity index (χ4v) is 1.77. The molecule has 1 aromatic heterocycles. The lowest BCUT2D eigenvalue weighted by molar-refractivity contribution is -0.154. The summed E-state index contributed by atoms with van der Waals surface area (Å²) in [6.45, 7) is 1.11. The lowest BCUT2D eigenvalue weighted by Gasteiger charge is -2.32. The first kappa shape index (κ1) is 12.4. The number of carbonyl (C=O) groups excluding carboxylic acids is 1. The third-order valence-electron chi connectivity index (χ3n) is 2.70. The summed E-state index contributed by atoms with van der Waals surface area (Å²) in [6, 6.07) is 0. The van der Waals surface area contributed by atoms with Crippen LogP contribution in [-0.4, -0.2) is 48.8 Å². The van der Waals surface area contributed by atoms with Crippen LogP contribution in [-0.2, 0) is 14.3 Å². The lowest BCUT2D eigenvalue weighted by atomic mass is 10.2. The van der Waals surface area contributed by atoms with E-state index in [1.54, 1.807) is 4.90 Å². The van der Waals surface area contributed by atoms with Gasteiger partial charge in [0.1, 0.15) is 5.69 Å². The highest BCUT2D eigenvalue weighted by atomic mass is 16.6. The van der Waals surface area contributed by atoms with Gasteiger partial charge in [0.2, 0.25) is 0 Å². The highest BCUT2D eigenvalue weighted by Gasteiger charge is 2.29. The molecule has 1 aliphatic rings. The van der Waals surface area contributed by atoms with Crippen molar-refractivity contribution in [2.75, 3.05) is 37.4 Å². The second kappa shape index (κ2) is 5.05. The van der Waals surface area contributed by atoms with Gasteiger partial charge in [0.05, 0.1) is 26.6 Å². The molecule has 3 N–H and O–H groups in total. The maximum absolute atomic E-state index is 11.4. The van der Waals surface area contributed by atoms with E-state index in [9.17, 15) is 9.59 Å². The van der Waals surface area contributed by atoms with Gasteiger partial charge in [-0.2, -0.15) is 0 Å². The van der Waals surface area contributed by atoms with Crippen LogP contribution in [0.5, 0.6) is 0 Å². The van der Waals surface area contributed by atoms with Crippen LogP contribution < -0.4 is 16.2 Å². The van der Waals surface area contributed by atoms with Crippen molar-refractivity contribution in [1.82, 2.24) is 9.97 Å². The summed E-state index contributed by atoms with van der Waals surface area (Å²) in [7, 11) is 1.30. The molecule has 1 unspecified atom stereocenters. The Labute approximate surface area is 103 Å². The van der Waals surface area contributed by atoms with E-state index in [2.05, 4.69) is 14.7 Å².